The Hall–Kier alpha value is -1.71. The van der Waals surface area contributed by atoms with Crippen molar-refractivity contribution in [1.82, 2.24) is 0 Å². The number of aliphatic hydroxyl groups is 1. The minimum Gasteiger partial charge on any atom is -0.496 e. The fourth-order valence-corrected chi connectivity index (χ4v) is 2.72. The molecule has 0 aliphatic carbocycles. The van der Waals surface area contributed by atoms with Gasteiger partial charge in [-0.2, -0.15) is 0 Å². The molecule has 112 valence electrons. The molecular formula is C17H19ClO3. The van der Waals surface area contributed by atoms with E-state index in [9.17, 15) is 5.11 Å². The van der Waals surface area contributed by atoms with Crippen LogP contribution in [0.15, 0.2) is 42.5 Å². The van der Waals surface area contributed by atoms with Crippen LogP contribution in [0, 0.1) is 0 Å². The highest BCUT2D eigenvalue weighted by atomic mass is 35.5. The van der Waals surface area contributed by atoms with E-state index in [1.807, 2.05) is 36.4 Å². The molecule has 21 heavy (non-hydrogen) atoms. The van der Waals surface area contributed by atoms with Gasteiger partial charge in [0, 0.05) is 28.7 Å². The molecule has 0 aliphatic rings. The second-order valence-electron chi connectivity index (χ2n) is 4.69. The minimum atomic E-state index is -0.0419. The van der Waals surface area contributed by atoms with Crippen molar-refractivity contribution in [3.63, 3.8) is 0 Å². The van der Waals surface area contributed by atoms with Gasteiger partial charge >= 0.3 is 0 Å². The largest absolute Gasteiger partial charge is 0.496 e. The Bertz CT molecular complexity index is 598. The smallest absolute Gasteiger partial charge is 0.122 e. The SMILES string of the molecule is COc1ccccc1C(CCO)c1cc(Cl)ccc1OC. The number of hydrogen-bond acceptors (Lipinski definition) is 3. The van der Waals surface area contributed by atoms with Gasteiger partial charge in [0.05, 0.1) is 14.2 Å². The molecule has 0 saturated carbocycles. The fraction of sp³-hybridized carbons (Fsp3) is 0.294. The van der Waals surface area contributed by atoms with Crippen molar-refractivity contribution in [1.29, 1.82) is 0 Å². The Morgan fingerprint density at radius 1 is 1.00 bits per heavy atom. The number of para-hydroxylation sites is 1. The van der Waals surface area contributed by atoms with Crippen LogP contribution in [0.25, 0.3) is 0 Å². The van der Waals surface area contributed by atoms with E-state index < -0.39 is 0 Å². The average molecular weight is 307 g/mol. The van der Waals surface area contributed by atoms with Gasteiger partial charge in [0.15, 0.2) is 0 Å². The number of ether oxygens (including phenoxy) is 2. The van der Waals surface area contributed by atoms with Gasteiger partial charge in [-0.05, 0) is 30.7 Å². The lowest BCUT2D eigenvalue weighted by atomic mass is 9.87. The van der Waals surface area contributed by atoms with E-state index >= 15 is 0 Å². The monoisotopic (exact) mass is 306 g/mol. The quantitative estimate of drug-likeness (QED) is 0.880. The Labute approximate surface area is 130 Å². The third kappa shape index (κ3) is 3.49. The van der Waals surface area contributed by atoms with Gasteiger partial charge in [0.1, 0.15) is 11.5 Å². The molecule has 3 nitrogen and oxygen atoms in total. The van der Waals surface area contributed by atoms with Crippen molar-refractivity contribution >= 4 is 11.6 Å². The minimum absolute atomic E-state index is 0.0419. The van der Waals surface area contributed by atoms with Gasteiger partial charge in [-0.25, -0.2) is 0 Å². The molecular weight excluding hydrogens is 288 g/mol. The summed E-state index contributed by atoms with van der Waals surface area (Å²) < 4.78 is 10.9. The first-order chi connectivity index (χ1) is 10.2. The van der Waals surface area contributed by atoms with Crippen LogP contribution in [0.5, 0.6) is 11.5 Å². The zero-order valence-electron chi connectivity index (χ0n) is 12.2. The first-order valence-corrected chi connectivity index (χ1v) is 7.16. The summed E-state index contributed by atoms with van der Waals surface area (Å²) in [5.74, 6) is 1.50. The molecule has 1 atom stereocenters. The molecule has 0 spiro atoms. The van der Waals surface area contributed by atoms with Crippen LogP contribution in [0.3, 0.4) is 0 Å². The predicted octanol–water partition coefficient (Wildman–Crippen LogP) is 3.87. The molecule has 0 aromatic heterocycles. The van der Waals surface area contributed by atoms with Crippen LogP contribution in [0.2, 0.25) is 5.02 Å². The molecule has 0 heterocycles. The third-order valence-electron chi connectivity index (χ3n) is 3.50. The van der Waals surface area contributed by atoms with Crippen LogP contribution >= 0.6 is 11.6 Å². The first-order valence-electron chi connectivity index (χ1n) is 6.78. The van der Waals surface area contributed by atoms with Gasteiger partial charge in [0.25, 0.3) is 0 Å². The summed E-state index contributed by atoms with van der Waals surface area (Å²) in [5, 5.41) is 10.1. The van der Waals surface area contributed by atoms with Crippen LogP contribution in [-0.2, 0) is 0 Å². The van der Waals surface area contributed by atoms with Crippen LogP contribution in [0.4, 0.5) is 0 Å². The molecule has 2 rings (SSSR count). The lowest BCUT2D eigenvalue weighted by Gasteiger charge is -2.22. The molecule has 0 fully saturated rings. The summed E-state index contributed by atoms with van der Waals surface area (Å²) in [6, 6.07) is 13.3. The lowest BCUT2D eigenvalue weighted by molar-refractivity contribution is 0.279. The van der Waals surface area contributed by atoms with Gasteiger partial charge < -0.3 is 14.6 Å². The summed E-state index contributed by atoms with van der Waals surface area (Å²) in [4.78, 5) is 0. The van der Waals surface area contributed by atoms with Gasteiger partial charge in [-0.3, -0.25) is 0 Å². The highest BCUT2D eigenvalue weighted by Crippen LogP contribution is 2.39. The maximum atomic E-state index is 9.44. The molecule has 1 N–H and O–H groups in total. The van der Waals surface area contributed by atoms with Gasteiger partial charge in [-0.1, -0.05) is 29.8 Å². The van der Waals surface area contributed by atoms with Crippen molar-refractivity contribution in [2.45, 2.75) is 12.3 Å². The zero-order valence-corrected chi connectivity index (χ0v) is 12.9. The molecule has 1 unspecified atom stereocenters. The number of halogens is 1. The zero-order chi connectivity index (χ0) is 15.2. The Morgan fingerprint density at radius 2 is 1.67 bits per heavy atom. The van der Waals surface area contributed by atoms with E-state index in [2.05, 4.69) is 0 Å². The average Bonchev–Trinajstić information content (AvgIpc) is 2.52. The Kier molecular flexibility index (Phi) is 5.48. The summed E-state index contributed by atoms with van der Waals surface area (Å²) in [6.45, 7) is 0.0678. The number of methoxy groups -OCH3 is 2. The molecule has 0 saturated heterocycles. The van der Waals surface area contributed by atoms with Crippen molar-refractivity contribution in [2.75, 3.05) is 20.8 Å². The van der Waals surface area contributed by atoms with E-state index in [1.165, 1.54) is 0 Å². The number of hydrogen-bond donors (Lipinski definition) is 1. The van der Waals surface area contributed by atoms with Crippen LogP contribution in [0.1, 0.15) is 23.5 Å². The molecule has 2 aromatic carbocycles. The summed E-state index contributed by atoms with van der Waals surface area (Å²) in [5.41, 5.74) is 1.96. The van der Waals surface area contributed by atoms with Crippen molar-refractivity contribution in [3.05, 3.63) is 58.6 Å². The van der Waals surface area contributed by atoms with E-state index in [1.54, 1.807) is 20.3 Å². The number of benzene rings is 2. The van der Waals surface area contributed by atoms with Crippen molar-refractivity contribution in [2.24, 2.45) is 0 Å². The first kappa shape index (κ1) is 15.7. The van der Waals surface area contributed by atoms with Crippen LogP contribution in [-0.4, -0.2) is 25.9 Å². The summed E-state index contributed by atoms with van der Waals surface area (Å²) in [7, 11) is 3.27. The number of rotatable bonds is 6. The fourth-order valence-electron chi connectivity index (χ4n) is 2.54. The molecule has 0 amide bonds. The highest BCUT2D eigenvalue weighted by molar-refractivity contribution is 6.30. The van der Waals surface area contributed by atoms with Crippen molar-refractivity contribution in [3.8, 4) is 11.5 Å². The summed E-state index contributed by atoms with van der Waals surface area (Å²) in [6.07, 6.45) is 0.567. The molecule has 0 aliphatic heterocycles. The maximum absolute atomic E-state index is 9.44. The lowest BCUT2D eigenvalue weighted by Crippen LogP contribution is -2.07. The van der Waals surface area contributed by atoms with E-state index in [-0.39, 0.29) is 12.5 Å². The van der Waals surface area contributed by atoms with E-state index in [0.29, 0.717) is 11.4 Å². The normalized spacial score (nSPS) is 12.0. The second-order valence-corrected chi connectivity index (χ2v) is 5.13. The van der Waals surface area contributed by atoms with E-state index in [4.69, 9.17) is 21.1 Å². The number of aliphatic hydroxyl groups excluding tert-OH is 1. The maximum Gasteiger partial charge on any atom is 0.122 e. The third-order valence-corrected chi connectivity index (χ3v) is 3.73. The molecule has 0 radical (unpaired) electrons. The van der Waals surface area contributed by atoms with E-state index in [0.717, 1.165) is 22.6 Å². The van der Waals surface area contributed by atoms with Crippen molar-refractivity contribution < 1.29 is 14.6 Å². The van der Waals surface area contributed by atoms with Crippen LogP contribution < -0.4 is 9.47 Å². The Morgan fingerprint density at radius 3 is 2.33 bits per heavy atom. The Balaban J connectivity index is 2.55. The highest BCUT2D eigenvalue weighted by Gasteiger charge is 2.21. The van der Waals surface area contributed by atoms with Gasteiger partial charge in [0.2, 0.25) is 0 Å². The topological polar surface area (TPSA) is 38.7 Å². The predicted molar refractivity (Wildman–Crippen MR) is 84.5 cm³/mol. The van der Waals surface area contributed by atoms with Gasteiger partial charge in [-0.15, -0.1) is 0 Å². The standard InChI is InChI=1S/C17H19ClO3/c1-20-16-6-4-3-5-14(16)13(9-10-19)15-11-12(18)7-8-17(15)21-2/h3-8,11,13,19H,9-10H2,1-2H3. The second kappa shape index (κ2) is 7.34. The molecule has 4 heteroatoms. The summed E-state index contributed by atoms with van der Waals surface area (Å²) >= 11 is 6.13. The molecule has 2 aromatic rings. The molecule has 0 bridgehead atoms.